The summed E-state index contributed by atoms with van der Waals surface area (Å²) in [5.74, 6) is -0.843. The van der Waals surface area contributed by atoms with Crippen molar-refractivity contribution < 1.29 is 19.4 Å². The van der Waals surface area contributed by atoms with Crippen molar-refractivity contribution in [1.82, 2.24) is 4.90 Å². The topological polar surface area (TPSA) is 66.8 Å². The van der Waals surface area contributed by atoms with Gasteiger partial charge in [0.1, 0.15) is 5.54 Å². The van der Waals surface area contributed by atoms with Crippen LogP contribution in [0.3, 0.4) is 0 Å². The Labute approximate surface area is 88.0 Å². The van der Waals surface area contributed by atoms with E-state index in [9.17, 15) is 14.7 Å². The molecule has 84 valence electrons. The minimum atomic E-state index is -1.07. The molecule has 1 N–H and O–H groups in total. The number of carboxylic acids is 1. The average molecular weight is 213 g/mol. The van der Waals surface area contributed by atoms with Crippen molar-refractivity contribution in [2.45, 2.75) is 31.7 Å². The average Bonchev–Trinajstić information content (AvgIpc) is 3.00. The Kier molecular flexibility index (Phi) is 2.32. The quantitative estimate of drug-likeness (QED) is 0.761. The summed E-state index contributed by atoms with van der Waals surface area (Å²) >= 11 is 0. The number of cyclic esters (lactones) is 1. The van der Waals surface area contributed by atoms with Crippen LogP contribution in [0.4, 0.5) is 4.79 Å². The lowest BCUT2D eigenvalue weighted by Crippen LogP contribution is -2.58. The molecule has 1 unspecified atom stereocenters. The number of hydrogen-bond acceptors (Lipinski definition) is 3. The smallest absolute Gasteiger partial charge is 0.410 e. The summed E-state index contributed by atoms with van der Waals surface area (Å²) in [4.78, 5) is 24.2. The number of aliphatic carboxylic acids is 1. The zero-order valence-corrected chi connectivity index (χ0v) is 8.73. The van der Waals surface area contributed by atoms with E-state index in [0.29, 0.717) is 19.6 Å². The van der Waals surface area contributed by atoms with Crippen molar-refractivity contribution in [3.8, 4) is 0 Å². The fourth-order valence-electron chi connectivity index (χ4n) is 2.13. The van der Waals surface area contributed by atoms with Gasteiger partial charge in [0.2, 0.25) is 0 Å². The molecule has 2 fully saturated rings. The zero-order valence-electron chi connectivity index (χ0n) is 8.73. The van der Waals surface area contributed by atoms with Crippen LogP contribution in [0.25, 0.3) is 0 Å². The Bertz CT molecular complexity index is 300. The van der Waals surface area contributed by atoms with Crippen LogP contribution in [0.15, 0.2) is 0 Å². The van der Waals surface area contributed by atoms with Gasteiger partial charge in [-0.3, -0.25) is 4.90 Å². The first-order chi connectivity index (χ1) is 7.06. The predicted octanol–water partition coefficient (Wildman–Crippen LogP) is 1.08. The predicted molar refractivity (Wildman–Crippen MR) is 51.4 cm³/mol. The molecule has 1 saturated heterocycles. The first-order valence-corrected chi connectivity index (χ1v) is 5.24. The van der Waals surface area contributed by atoms with E-state index in [2.05, 4.69) is 0 Å². The molecule has 1 atom stereocenters. The second kappa shape index (κ2) is 3.40. The number of nitrogens with zero attached hydrogens (tertiary/aromatic N) is 1. The summed E-state index contributed by atoms with van der Waals surface area (Å²) in [5, 5.41) is 9.26. The van der Waals surface area contributed by atoms with E-state index in [-0.39, 0.29) is 5.92 Å². The third-order valence-corrected chi connectivity index (χ3v) is 3.34. The van der Waals surface area contributed by atoms with Crippen LogP contribution in [0.1, 0.15) is 26.2 Å². The Balaban J connectivity index is 2.23. The molecule has 5 nitrogen and oxygen atoms in total. The molecule has 5 heteroatoms. The maximum atomic E-state index is 11.5. The molecular formula is C10H15NO4. The summed E-state index contributed by atoms with van der Waals surface area (Å²) in [5.41, 5.74) is -1.07. The van der Waals surface area contributed by atoms with Crippen molar-refractivity contribution in [3.63, 3.8) is 0 Å². The number of carbonyl (C=O) groups excluding carboxylic acids is 1. The zero-order chi connectivity index (χ0) is 11.1. The highest BCUT2D eigenvalue weighted by Gasteiger charge is 2.54. The van der Waals surface area contributed by atoms with Crippen molar-refractivity contribution in [1.29, 1.82) is 0 Å². The van der Waals surface area contributed by atoms with E-state index in [1.54, 1.807) is 6.92 Å². The van der Waals surface area contributed by atoms with Crippen LogP contribution in [0.5, 0.6) is 0 Å². The molecule has 15 heavy (non-hydrogen) atoms. The molecule has 2 aliphatic rings. The Morgan fingerprint density at radius 1 is 1.60 bits per heavy atom. The van der Waals surface area contributed by atoms with Gasteiger partial charge in [-0.2, -0.15) is 0 Å². The van der Waals surface area contributed by atoms with E-state index in [1.807, 2.05) is 0 Å². The maximum absolute atomic E-state index is 11.5. The largest absolute Gasteiger partial charge is 0.479 e. The fourth-order valence-corrected chi connectivity index (χ4v) is 2.13. The Morgan fingerprint density at radius 2 is 2.27 bits per heavy atom. The molecule has 1 heterocycles. The van der Waals surface area contributed by atoms with Gasteiger partial charge >= 0.3 is 12.1 Å². The molecule has 0 aromatic rings. The summed E-state index contributed by atoms with van der Waals surface area (Å²) in [6.45, 7) is 2.51. The molecule has 0 radical (unpaired) electrons. The van der Waals surface area contributed by atoms with Gasteiger partial charge in [0, 0.05) is 6.54 Å². The van der Waals surface area contributed by atoms with Gasteiger partial charge in [-0.05, 0) is 32.1 Å². The number of carbonyl (C=O) groups is 2. The second-order valence-electron chi connectivity index (χ2n) is 4.35. The highest BCUT2D eigenvalue weighted by Crippen LogP contribution is 2.44. The van der Waals surface area contributed by atoms with Gasteiger partial charge in [-0.15, -0.1) is 0 Å². The summed E-state index contributed by atoms with van der Waals surface area (Å²) in [6.07, 6.45) is 1.98. The molecular weight excluding hydrogens is 198 g/mol. The van der Waals surface area contributed by atoms with E-state index in [1.165, 1.54) is 4.90 Å². The van der Waals surface area contributed by atoms with Gasteiger partial charge in [0.05, 0.1) is 6.61 Å². The summed E-state index contributed by atoms with van der Waals surface area (Å²) < 4.78 is 4.89. The SMILES string of the molecule is CC(C(=O)O)(C1CC1)N1CCCOC1=O. The van der Waals surface area contributed by atoms with Crippen LogP contribution < -0.4 is 0 Å². The third-order valence-electron chi connectivity index (χ3n) is 3.34. The van der Waals surface area contributed by atoms with Crippen molar-refractivity contribution in [3.05, 3.63) is 0 Å². The minimum Gasteiger partial charge on any atom is -0.479 e. The number of carboxylic acid groups (broad SMARTS) is 1. The van der Waals surface area contributed by atoms with Gasteiger partial charge in [-0.1, -0.05) is 0 Å². The summed E-state index contributed by atoms with van der Waals surface area (Å²) in [6, 6.07) is 0. The van der Waals surface area contributed by atoms with Crippen molar-refractivity contribution >= 4 is 12.1 Å². The Morgan fingerprint density at radius 3 is 2.73 bits per heavy atom. The van der Waals surface area contributed by atoms with E-state index in [4.69, 9.17) is 4.74 Å². The summed E-state index contributed by atoms with van der Waals surface area (Å²) in [7, 11) is 0. The van der Waals surface area contributed by atoms with Gasteiger partial charge in [-0.25, -0.2) is 9.59 Å². The number of ether oxygens (including phenoxy) is 1. The monoisotopic (exact) mass is 213 g/mol. The van der Waals surface area contributed by atoms with E-state index < -0.39 is 17.6 Å². The van der Waals surface area contributed by atoms with Gasteiger partial charge in [0.15, 0.2) is 0 Å². The molecule has 1 saturated carbocycles. The van der Waals surface area contributed by atoms with Gasteiger partial charge in [0.25, 0.3) is 0 Å². The fraction of sp³-hybridized carbons (Fsp3) is 0.800. The first-order valence-electron chi connectivity index (χ1n) is 5.24. The van der Waals surface area contributed by atoms with Crippen LogP contribution in [0, 0.1) is 5.92 Å². The van der Waals surface area contributed by atoms with E-state index in [0.717, 1.165) is 12.8 Å². The lowest BCUT2D eigenvalue weighted by molar-refractivity contribution is -0.152. The lowest BCUT2D eigenvalue weighted by atomic mass is 9.93. The molecule has 1 amide bonds. The normalized spacial score (nSPS) is 25.7. The molecule has 0 spiro atoms. The van der Waals surface area contributed by atoms with Crippen LogP contribution in [-0.2, 0) is 9.53 Å². The van der Waals surface area contributed by atoms with E-state index >= 15 is 0 Å². The van der Waals surface area contributed by atoms with Crippen molar-refractivity contribution in [2.24, 2.45) is 5.92 Å². The first kappa shape index (κ1) is 10.3. The number of hydrogen-bond donors (Lipinski definition) is 1. The standard InChI is InChI=1S/C10H15NO4/c1-10(8(12)13,7-3-4-7)11-5-2-6-15-9(11)14/h7H,2-6H2,1H3,(H,12,13). The molecule has 0 aromatic heterocycles. The second-order valence-corrected chi connectivity index (χ2v) is 4.35. The number of amides is 1. The van der Waals surface area contributed by atoms with Gasteiger partial charge < -0.3 is 9.84 Å². The highest BCUT2D eigenvalue weighted by molar-refractivity contribution is 5.85. The van der Waals surface area contributed by atoms with Crippen LogP contribution in [0.2, 0.25) is 0 Å². The van der Waals surface area contributed by atoms with Crippen LogP contribution >= 0.6 is 0 Å². The minimum absolute atomic E-state index is 0.0839. The molecule has 0 bridgehead atoms. The molecule has 1 aliphatic carbocycles. The molecule has 1 aliphatic heterocycles. The number of rotatable bonds is 3. The van der Waals surface area contributed by atoms with Crippen LogP contribution in [-0.4, -0.2) is 40.8 Å². The maximum Gasteiger partial charge on any atom is 0.410 e. The third kappa shape index (κ3) is 1.56. The molecule has 0 aromatic carbocycles. The highest BCUT2D eigenvalue weighted by atomic mass is 16.6. The molecule has 2 rings (SSSR count). The Hall–Kier alpha value is -1.26. The van der Waals surface area contributed by atoms with Crippen molar-refractivity contribution in [2.75, 3.05) is 13.2 Å². The lowest BCUT2D eigenvalue weighted by Gasteiger charge is -2.39.